The van der Waals surface area contributed by atoms with Crippen molar-refractivity contribution in [1.82, 2.24) is 0 Å². The van der Waals surface area contributed by atoms with Crippen LogP contribution in [-0.4, -0.2) is 13.2 Å². The van der Waals surface area contributed by atoms with Crippen LogP contribution in [0.25, 0.3) is 0 Å². The van der Waals surface area contributed by atoms with Gasteiger partial charge in [-0.1, -0.05) is 6.07 Å². The molecular weight excluding hydrogens is 247 g/mol. The van der Waals surface area contributed by atoms with Crippen LogP contribution in [0.2, 0.25) is 0 Å². The van der Waals surface area contributed by atoms with Crippen LogP contribution in [-0.2, 0) is 11.7 Å². The molecule has 18 heavy (non-hydrogen) atoms. The Morgan fingerprint density at radius 3 is 1.89 bits per heavy atom. The van der Waals surface area contributed by atoms with Gasteiger partial charge in [0.15, 0.2) is 11.5 Å². The van der Waals surface area contributed by atoms with Crippen molar-refractivity contribution in [3.05, 3.63) is 23.3 Å². The van der Waals surface area contributed by atoms with E-state index in [0.29, 0.717) is 5.56 Å². The highest BCUT2D eigenvalue weighted by Gasteiger charge is 2.39. The van der Waals surface area contributed by atoms with Gasteiger partial charge in [0.2, 0.25) is 0 Å². The van der Waals surface area contributed by atoms with Crippen LogP contribution in [0.5, 0.6) is 11.5 Å². The second kappa shape index (κ2) is 4.05. The van der Waals surface area contributed by atoms with Crippen molar-refractivity contribution in [3.63, 3.8) is 0 Å². The Kier molecular flexibility index (Phi) is 2.93. The van der Waals surface area contributed by atoms with E-state index in [1.165, 1.54) is 6.07 Å². The molecule has 0 spiro atoms. The van der Waals surface area contributed by atoms with Crippen LogP contribution >= 0.6 is 0 Å². The summed E-state index contributed by atoms with van der Waals surface area (Å²) in [6, 6.07) is 2.33. The van der Waals surface area contributed by atoms with Gasteiger partial charge in [0.25, 0.3) is 0 Å². The Morgan fingerprint density at radius 1 is 1.00 bits per heavy atom. The number of alkyl halides is 3. The van der Waals surface area contributed by atoms with E-state index in [-0.39, 0.29) is 24.7 Å². The lowest BCUT2D eigenvalue weighted by Crippen LogP contribution is -2.31. The maximum Gasteiger partial charge on any atom is 0.420 e. The van der Waals surface area contributed by atoms with Crippen molar-refractivity contribution in [1.29, 1.82) is 0 Å². The number of fused-ring (bicyclic) bond motifs is 1. The van der Waals surface area contributed by atoms with Crippen molar-refractivity contribution in [3.8, 4) is 11.5 Å². The summed E-state index contributed by atoms with van der Waals surface area (Å²) in [7, 11) is 0. The summed E-state index contributed by atoms with van der Waals surface area (Å²) in [5.74, 6) is -0.159. The third-order valence-electron chi connectivity index (χ3n) is 2.69. The number of ether oxygens (including phenoxy) is 2. The molecule has 6 heteroatoms. The van der Waals surface area contributed by atoms with Crippen LogP contribution < -0.4 is 15.2 Å². The van der Waals surface area contributed by atoms with E-state index in [4.69, 9.17) is 15.2 Å². The minimum Gasteiger partial charge on any atom is -0.486 e. The van der Waals surface area contributed by atoms with Gasteiger partial charge >= 0.3 is 6.18 Å². The fourth-order valence-corrected chi connectivity index (χ4v) is 1.87. The molecule has 0 fully saturated rings. The highest BCUT2D eigenvalue weighted by atomic mass is 19.4. The van der Waals surface area contributed by atoms with Gasteiger partial charge in [-0.15, -0.1) is 0 Å². The van der Waals surface area contributed by atoms with Crippen molar-refractivity contribution < 1.29 is 22.6 Å². The Hall–Kier alpha value is -1.43. The van der Waals surface area contributed by atoms with Gasteiger partial charge in [-0.05, 0) is 19.9 Å². The van der Waals surface area contributed by atoms with Crippen LogP contribution in [0.4, 0.5) is 13.2 Å². The van der Waals surface area contributed by atoms with Gasteiger partial charge in [0, 0.05) is 11.1 Å². The van der Waals surface area contributed by atoms with Gasteiger partial charge < -0.3 is 15.2 Å². The number of benzene rings is 1. The number of nitrogens with two attached hydrogens (primary N) is 1. The van der Waals surface area contributed by atoms with E-state index in [2.05, 4.69) is 0 Å². The van der Waals surface area contributed by atoms with Crippen molar-refractivity contribution in [2.24, 2.45) is 5.73 Å². The molecule has 0 aliphatic carbocycles. The first-order valence-corrected chi connectivity index (χ1v) is 5.50. The van der Waals surface area contributed by atoms with Crippen LogP contribution in [0, 0.1) is 0 Å². The molecule has 2 N–H and O–H groups in total. The van der Waals surface area contributed by atoms with Gasteiger partial charge in [-0.25, -0.2) is 0 Å². The topological polar surface area (TPSA) is 44.5 Å². The standard InChI is InChI=1S/C12H14F3NO2/c1-11(2,16)7-3-4-8(12(13,14)15)10-9(7)17-5-6-18-10/h3-4H,5-6,16H2,1-2H3. The molecule has 0 aromatic heterocycles. The summed E-state index contributed by atoms with van der Waals surface area (Å²) < 4.78 is 48.9. The van der Waals surface area contributed by atoms with Gasteiger partial charge in [-0.3, -0.25) is 0 Å². The lowest BCUT2D eigenvalue weighted by atomic mass is 9.92. The zero-order valence-corrected chi connectivity index (χ0v) is 10.1. The number of hydrogen-bond acceptors (Lipinski definition) is 3. The molecular formula is C12H14F3NO2. The lowest BCUT2D eigenvalue weighted by molar-refractivity contribution is -0.139. The first-order chi connectivity index (χ1) is 8.21. The largest absolute Gasteiger partial charge is 0.486 e. The van der Waals surface area contributed by atoms with E-state index in [9.17, 15) is 13.2 Å². The molecule has 0 saturated carbocycles. The third kappa shape index (κ3) is 2.25. The Bertz CT molecular complexity index is 421. The minimum atomic E-state index is -4.47. The molecule has 0 atom stereocenters. The summed E-state index contributed by atoms with van der Waals surface area (Å²) >= 11 is 0. The summed E-state index contributed by atoms with van der Waals surface area (Å²) in [5.41, 5.74) is 4.80. The number of hydrogen-bond donors (Lipinski definition) is 1. The maximum absolute atomic E-state index is 12.8. The molecule has 3 nitrogen and oxygen atoms in total. The molecule has 1 aromatic carbocycles. The van der Waals surface area contributed by atoms with Crippen LogP contribution in [0.3, 0.4) is 0 Å². The van der Waals surface area contributed by atoms with Gasteiger partial charge in [0.05, 0.1) is 0 Å². The fourth-order valence-electron chi connectivity index (χ4n) is 1.87. The average molecular weight is 261 g/mol. The fraction of sp³-hybridized carbons (Fsp3) is 0.500. The molecule has 0 saturated heterocycles. The Labute approximate surface area is 103 Å². The lowest BCUT2D eigenvalue weighted by Gasteiger charge is -2.29. The predicted molar refractivity (Wildman–Crippen MR) is 59.6 cm³/mol. The first-order valence-electron chi connectivity index (χ1n) is 5.50. The summed E-state index contributed by atoms with van der Waals surface area (Å²) in [6.45, 7) is 3.73. The molecule has 1 aliphatic rings. The summed E-state index contributed by atoms with van der Waals surface area (Å²) in [4.78, 5) is 0. The normalized spacial score (nSPS) is 15.7. The van der Waals surface area contributed by atoms with Crippen molar-refractivity contribution in [2.75, 3.05) is 13.2 Å². The van der Waals surface area contributed by atoms with E-state index in [0.717, 1.165) is 6.07 Å². The van der Waals surface area contributed by atoms with Crippen molar-refractivity contribution >= 4 is 0 Å². The molecule has 1 heterocycles. The maximum atomic E-state index is 12.8. The second-order valence-corrected chi connectivity index (χ2v) is 4.74. The molecule has 1 aromatic rings. The van der Waals surface area contributed by atoms with Crippen molar-refractivity contribution in [2.45, 2.75) is 25.6 Å². The van der Waals surface area contributed by atoms with Crippen LogP contribution in [0.15, 0.2) is 12.1 Å². The first kappa shape index (κ1) is 13.0. The highest BCUT2D eigenvalue weighted by molar-refractivity contribution is 5.55. The molecule has 100 valence electrons. The van der Waals surface area contributed by atoms with E-state index >= 15 is 0 Å². The number of halogens is 3. The summed E-state index contributed by atoms with van der Waals surface area (Å²) in [5, 5.41) is 0. The smallest absolute Gasteiger partial charge is 0.420 e. The molecule has 0 bridgehead atoms. The SMILES string of the molecule is CC(C)(N)c1ccc(C(F)(F)F)c2c1OCCO2. The van der Waals surface area contributed by atoms with Gasteiger partial charge in [0.1, 0.15) is 18.8 Å². The average Bonchev–Trinajstić information content (AvgIpc) is 2.24. The molecule has 2 rings (SSSR count). The third-order valence-corrected chi connectivity index (χ3v) is 2.69. The zero-order chi connectivity index (χ0) is 13.6. The van der Waals surface area contributed by atoms with E-state index < -0.39 is 17.3 Å². The number of rotatable bonds is 1. The molecule has 1 aliphatic heterocycles. The van der Waals surface area contributed by atoms with E-state index in [1.807, 2.05) is 0 Å². The monoisotopic (exact) mass is 261 g/mol. The Morgan fingerprint density at radius 2 is 1.44 bits per heavy atom. The van der Waals surface area contributed by atoms with Gasteiger partial charge in [-0.2, -0.15) is 13.2 Å². The highest BCUT2D eigenvalue weighted by Crippen LogP contribution is 2.46. The summed E-state index contributed by atoms with van der Waals surface area (Å²) in [6.07, 6.45) is -4.47. The molecule has 0 unspecified atom stereocenters. The van der Waals surface area contributed by atoms with E-state index in [1.54, 1.807) is 13.8 Å². The minimum absolute atomic E-state index is 0.101. The zero-order valence-electron chi connectivity index (χ0n) is 10.1. The molecule has 0 radical (unpaired) electrons. The van der Waals surface area contributed by atoms with Crippen LogP contribution in [0.1, 0.15) is 25.0 Å². The second-order valence-electron chi connectivity index (χ2n) is 4.74. The molecule has 0 amide bonds. The quantitative estimate of drug-likeness (QED) is 0.845. The Balaban J connectivity index is 2.64. The predicted octanol–water partition coefficient (Wildman–Crippen LogP) is 2.67.